The van der Waals surface area contributed by atoms with E-state index in [0.29, 0.717) is 16.3 Å². The third-order valence-electron chi connectivity index (χ3n) is 3.90. The highest BCUT2D eigenvalue weighted by Gasteiger charge is 2.34. The monoisotopic (exact) mass is 424 g/mol. The normalized spacial score (nSPS) is 15.9. The number of carbonyl (C=O) groups is 3. The Morgan fingerprint density at radius 2 is 1.86 bits per heavy atom. The molecule has 0 fully saturated rings. The molecule has 1 aliphatic rings. The molecular formula is C19H15F3N2O4S. The molecule has 0 radical (unpaired) electrons. The second kappa shape index (κ2) is 8.16. The van der Waals surface area contributed by atoms with Crippen molar-refractivity contribution in [2.45, 2.75) is 29.7 Å². The number of rotatable bonds is 4. The summed E-state index contributed by atoms with van der Waals surface area (Å²) in [4.78, 5) is 35.8. The van der Waals surface area contributed by atoms with Gasteiger partial charge in [-0.25, -0.2) is 0 Å². The molecule has 2 amide bonds. The number of esters is 1. The molecule has 2 N–H and O–H groups in total. The largest absolute Gasteiger partial charge is 0.427 e. The molecule has 0 aliphatic carbocycles. The van der Waals surface area contributed by atoms with Gasteiger partial charge in [0.2, 0.25) is 11.8 Å². The highest BCUT2D eigenvalue weighted by atomic mass is 32.2. The van der Waals surface area contributed by atoms with Crippen molar-refractivity contribution in [3.8, 4) is 5.75 Å². The zero-order valence-corrected chi connectivity index (χ0v) is 15.8. The lowest BCUT2D eigenvalue weighted by Gasteiger charge is -2.24. The summed E-state index contributed by atoms with van der Waals surface area (Å²) in [6, 6.07) is 9.19. The second-order valence-corrected chi connectivity index (χ2v) is 7.42. The fraction of sp³-hybridized carbons (Fsp3) is 0.211. The third-order valence-corrected chi connectivity index (χ3v) is 5.17. The topological polar surface area (TPSA) is 84.5 Å². The number of ether oxygens (including phenoxy) is 1. The predicted octanol–water partition coefficient (Wildman–Crippen LogP) is 4.07. The van der Waals surface area contributed by atoms with E-state index in [-0.39, 0.29) is 12.1 Å². The Bertz CT molecular complexity index is 961. The molecule has 1 atom stereocenters. The van der Waals surface area contributed by atoms with Crippen LogP contribution in [0.1, 0.15) is 18.9 Å². The van der Waals surface area contributed by atoms with Gasteiger partial charge in [-0.15, -0.1) is 11.8 Å². The lowest BCUT2D eigenvalue weighted by atomic mass is 10.1. The molecule has 0 saturated carbocycles. The van der Waals surface area contributed by atoms with Crippen molar-refractivity contribution >= 4 is 40.9 Å². The maximum absolute atomic E-state index is 12.8. The maximum Gasteiger partial charge on any atom is 0.416 e. The van der Waals surface area contributed by atoms with Crippen molar-refractivity contribution in [1.82, 2.24) is 0 Å². The number of thioether (sulfide) groups is 1. The molecule has 0 bridgehead atoms. The Morgan fingerprint density at radius 3 is 2.48 bits per heavy atom. The van der Waals surface area contributed by atoms with Crippen LogP contribution in [0.4, 0.5) is 24.5 Å². The minimum Gasteiger partial charge on any atom is -0.427 e. The lowest BCUT2D eigenvalue weighted by molar-refractivity contribution is -0.137. The van der Waals surface area contributed by atoms with Gasteiger partial charge in [-0.3, -0.25) is 14.4 Å². The molecule has 2 aromatic carbocycles. The van der Waals surface area contributed by atoms with Crippen LogP contribution in [0.3, 0.4) is 0 Å². The summed E-state index contributed by atoms with van der Waals surface area (Å²) in [6.07, 6.45) is -4.67. The molecule has 0 aromatic heterocycles. The minimum atomic E-state index is -4.51. The number of fused-ring (bicyclic) bond motifs is 1. The van der Waals surface area contributed by atoms with E-state index in [4.69, 9.17) is 4.74 Å². The van der Waals surface area contributed by atoms with Gasteiger partial charge in [0.15, 0.2) is 0 Å². The van der Waals surface area contributed by atoms with E-state index < -0.39 is 34.8 Å². The number of amides is 2. The average molecular weight is 424 g/mol. The van der Waals surface area contributed by atoms with Crippen LogP contribution in [0.5, 0.6) is 5.75 Å². The van der Waals surface area contributed by atoms with Gasteiger partial charge in [-0.05, 0) is 42.5 Å². The van der Waals surface area contributed by atoms with E-state index in [1.165, 1.54) is 37.3 Å². The fourth-order valence-corrected chi connectivity index (χ4v) is 3.70. The quantitative estimate of drug-likeness (QED) is 0.571. The van der Waals surface area contributed by atoms with Gasteiger partial charge in [0.05, 0.1) is 16.5 Å². The SMILES string of the molecule is CC(=O)Oc1ccc(NC(=O)CC2Sc3ccc(C(F)(F)F)cc3NC2=O)cc1. The van der Waals surface area contributed by atoms with Crippen LogP contribution in [0.15, 0.2) is 47.4 Å². The third kappa shape index (κ3) is 5.29. The summed E-state index contributed by atoms with van der Waals surface area (Å²) in [5, 5.41) is 4.27. The van der Waals surface area contributed by atoms with Crippen LogP contribution in [-0.4, -0.2) is 23.0 Å². The number of hydrogen-bond acceptors (Lipinski definition) is 5. The highest BCUT2D eigenvalue weighted by molar-refractivity contribution is 8.01. The van der Waals surface area contributed by atoms with Crippen molar-refractivity contribution in [2.24, 2.45) is 0 Å². The Labute approximate surface area is 167 Å². The van der Waals surface area contributed by atoms with Gasteiger partial charge < -0.3 is 15.4 Å². The van der Waals surface area contributed by atoms with Gasteiger partial charge in [0.25, 0.3) is 0 Å². The molecule has 0 spiro atoms. The molecule has 1 unspecified atom stereocenters. The van der Waals surface area contributed by atoms with E-state index in [1.54, 1.807) is 0 Å². The zero-order chi connectivity index (χ0) is 21.2. The first-order chi connectivity index (χ1) is 13.6. The zero-order valence-electron chi connectivity index (χ0n) is 15.0. The summed E-state index contributed by atoms with van der Waals surface area (Å²) in [5.74, 6) is -1.12. The van der Waals surface area contributed by atoms with E-state index in [1.807, 2.05) is 0 Å². The number of halogens is 3. The van der Waals surface area contributed by atoms with Crippen molar-refractivity contribution in [3.05, 3.63) is 48.0 Å². The maximum atomic E-state index is 12.8. The summed E-state index contributed by atoms with van der Waals surface area (Å²) >= 11 is 1.03. The van der Waals surface area contributed by atoms with Gasteiger partial charge in [-0.2, -0.15) is 13.2 Å². The molecule has 10 heteroatoms. The molecule has 0 saturated heterocycles. The molecule has 1 heterocycles. The Kier molecular flexibility index (Phi) is 5.83. The lowest BCUT2D eigenvalue weighted by Crippen LogP contribution is -2.32. The van der Waals surface area contributed by atoms with Gasteiger partial charge in [-0.1, -0.05) is 0 Å². The molecular weight excluding hydrogens is 409 g/mol. The summed E-state index contributed by atoms with van der Waals surface area (Å²) in [5.41, 5.74) is -0.333. The second-order valence-electron chi connectivity index (χ2n) is 6.17. The summed E-state index contributed by atoms with van der Waals surface area (Å²) < 4.78 is 43.3. The van der Waals surface area contributed by atoms with Crippen molar-refractivity contribution in [1.29, 1.82) is 0 Å². The Balaban J connectivity index is 1.63. The summed E-state index contributed by atoms with van der Waals surface area (Å²) in [7, 11) is 0. The fourth-order valence-electron chi connectivity index (χ4n) is 2.61. The average Bonchev–Trinajstić information content (AvgIpc) is 2.62. The van der Waals surface area contributed by atoms with Crippen LogP contribution >= 0.6 is 11.8 Å². The number of hydrogen-bond donors (Lipinski definition) is 2. The van der Waals surface area contributed by atoms with Gasteiger partial charge >= 0.3 is 12.1 Å². The molecule has 2 aromatic rings. The smallest absolute Gasteiger partial charge is 0.416 e. The highest BCUT2D eigenvalue weighted by Crippen LogP contribution is 2.40. The standard InChI is InChI=1S/C19H15F3N2O4S/c1-10(25)28-13-5-3-12(4-6-13)23-17(26)9-16-18(27)24-14-8-11(19(20,21)22)2-7-15(14)29-16/h2-8,16H,9H2,1H3,(H,23,26)(H,24,27). The number of carbonyl (C=O) groups excluding carboxylic acids is 3. The molecule has 6 nitrogen and oxygen atoms in total. The van der Waals surface area contributed by atoms with Crippen LogP contribution < -0.4 is 15.4 Å². The van der Waals surface area contributed by atoms with Crippen LogP contribution in [0.2, 0.25) is 0 Å². The summed E-state index contributed by atoms with van der Waals surface area (Å²) in [6.45, 7) is 1.27. The van der Waals surface area contributed by atoms with E-state index in [2.05, 4.69) is 10.6 Å². The number of alkyl halides is 3. The Hall–Kier alpha value is -3.01. The van der Waals surface area contributed by atoms with E-state index in [9.17, 15) is 27.6 Å². The molecule has 3 rings (SSSR count). The van der Waals surface area contributed by atoms with Crippen molar-refractivity contribution in [3.63, 3.8) is 0 Å². The number of benzene rings is 2. The predicted molar refractivity (Wildman–Crippen MR) is 101 cm³/mol. The first-order valence-electron chi connectivity index (χ1n) is 8.39. The first kappa shape index (κ1) is 20.7. The van der Waals surface area contributed by atoms with E-state index >= 15 is 0 Å². The van der Waals surface area contributed by atoms with Crippen LogP contribution in [0, 0.1) is 0 Å². The van der Waals surface area contributed by atoms with Gasteiger partial charge in [0.1, 0.15) is 5.75 Å². The van der Waals surface area contributed by atoms with Crippen LogP contribution in [0.25, 0.3) is 0 Å². The number of anilines is 2. The van der Waals surface area contributed by atoms with E-state index in [0.717, 1.165) is 23.9 Å². The van der Waals surface area contributed by atoms with Crippen molar-refractivity contribution in [2.75, 3.05) is 10.6 Å². The van der Waals surface area contributed by atoms with Crippen LogP contribution in [-0.2, 0) is 20.6 Å². The van der Waals surface area contributed by atoms with Gasteiger partial charge in [0, 0.05) is 23.9 Å². The molecule has 1 aliphatic heterocycles. The number of nitrogens with one attached hydrogen (secondary N) is 2. The Morgan fingerprint density at radius 1 is 1.17 bits per heavy atom. The van der Waals surface area contributed by atoms with Crippen molar-refractivity contribution < 1.29 is 32.3 Å². The molecule has 152 valence electrons. The first-order valence-corrected chi connectivity index (χ1v) is 9.27. The molecule has 29 heavy (non-hydrogen) atoms. The minimum absolute atomic E-state index is 0.0764.